The summed E-state index contributed by atoms with van der Waals surface area (Å²) >= 11 is 9.53. The Balaban J connectivity index is 0.00000122. The lowest BCUT2D eigenvalue weighted by atomic mass is 10.1. The summed E-state index contributed by atoms with van der Waals surface area (Å²) in [5.41, 5.74) is -3.21. The summed E-state index contributed by atoms with van der Waals surface area (Å²) in [5.74, 6) is -0.952. The molecule has 0 saturated heterocycles. The van der Waals surface area contributed by atoms with Gasteiger partial charge in [0.2, 0.25) is 0 Å². The third kappa shape index (κ3) is 7.65. The summed E-state index contributed by atoms with van der Waals surface area (Å²) in [6.07, 6.45) is -10.0. The van der Waals surface area contributed by atoms with Gasteiger partial charge in [0.25, 0.3) is 0 Å². The smallest absolute Gasteiger partial charge is 0.512 e. The Morgan fingerprint density at radius 2 is 1.24 bits per heavy atom. The topological polar surface area (TPSA) is 49.7 Å². The van der Waals surface area contributed by atoms with Gasteiger partial charge in [-0.05, 0) is 18.2 Å². The molecule has 21 heavy (non-hydrogen) atoms. The van der Waals surface area contributed by atoms with E-state index in [0.717, 1.165) is 0 Å². The molecule has 12 heteroatoms. The predicted octanol–water partition coefficient (Wildman–Crippen LogP) is 3.49. The van der Waals surface area contributed by atoms with Crippen molar-refractivity contribution in [3.63, 3.8) is 0 Å². The molecule has 0 radical (unpaired) electrons. The molecule has 0 saturated carbocycles. The maximum atomic E-state index is 12.3. The molecule has 1 aromatic carbocycles. The van der Waals surface area contributed by atoms with Gasteiger partial charge in [-0.1, -0.05) is 0 Å². The monoisotopic (exact) mass is 358 g/mol. The second-order valence-electron chi connectivity index (χ2n) is 3.29. The zero-order valence-corrected chi connectivity index (χ0v) is 11.4. The van der Waals surface area contributed by atoms with Crippen molar-refractivity contribution in [2.45, 2.75) is 12.4 Å². The van der Waals surface area contributed by atoms with Gasteiger partial charge in [-0.2, -0.15) is 26.3 Å². The van der Waals surface area contributed by atoms with Crippen LogP contribution in [0.2, 0.25) is 0 Å². The number of alkyl halides is 8. The van der Waals surface area contributed by atoms with Gasteiger partial charge in [0.05, 0.1) is 16.5 Å². The van der Waals surface area contributed by atoms with E-state index in [0.29, 0.717) is 0 Å². The van der Waals surface area contributed by atoms with Crippen LogP contribution in [0.4, 0.5) is 26.3 Å². The second-order valence-corrected chi connectivity index (χ2v) is 4.09. The Labute approximate surface area is 125 Å². The van der Waals surface area contributed by atoms with Crippen molar-refractivity contribution < 1.29 is 41.0 Å². The second kappa shape index (κ2) is 7.97. The third-order valence-corrected chi connectivity index (χ3v) is 1.80. The van der Waals surface area contributed by atoms with E-state index < -0.39 is 36.6 Å². The summed E-state index contributed by atoms with van der Waals surface area (Å²) < 4.78 is 78.0. The standard InChI is InChI=1S/C8H5BF6O3.CH2Cl2/c10-7(11,12)4-1-5(8(13,14)15)3-6(2-4)18-9(16)17;2-1-3/h1-3,16-17H;1H2. The molecule has 0 unspecified atom stereocenters. The van der Waals surface area contributed by atoms with Crippen molar-refractivity contribution in [1.82, 2.24) is 0 Å². The van der Waals surface area contributed by atoms with Crippen molar-refractivity contribution >= 4 is 30.5 Å². The number of rotatable bonds is 2. The fourth-order valence-electron chi connectivity index (χ4n) is 1.12. The van der Waals surface area contributed by atoms with E-state index >= 15 is 0 Å². The molecule has 0 atom stereocenters. The van der Waals surface area contributed by atoms with Gasteiger partial charge in [0.15, 0.2) is 0 Å². The Morgan fingerprint density at radius 3 is 1.48 bits per heavy atom. The summed E-state index contributed by atoms with van der Waals surface area (Å²) in [6, 6.07) is 0.361. The van der Waals surface area contributed by atoms with Crippen LogP contribution in [0.25, 0.3) is 0 Å². The van der Waals surface area contributed by atoms with Gasteiger partial charge in [-0.3, -0.25) is 0 Å². The van der Waals surface area contributed by atoms with E-state index in [1.807, 2.05) is 0 Å². The number of hydrogen-bond donors (Lipinski definition) is 2. The number of benzene rings is 1. The van der Waals surface area contributed by atoms with E-state index in [4.69, 9.17) is 33.2 Å². The average Bonchev–Trinajstić information content (AvgIpc) is 2.26. The first-order valence-electron chi connectivity index (χ1n) is 4.86. The van der Waals surface area contributed by atoms with Crippen LogP contribution in [-0.4, -0.2) is 22.7 Å². The van der Waals surface area contributed by atoms with Crippen LogP contribution in [0.3, 0.4) is 0 Å². The molecular weight excluding hydrogens is 352 g/mol. The molecule has 1 aromatic rings. The highest BCUT2D eigenvalue weighted by Gasteiger charge is 2.37. The van der Waals surface area contributed by atoms with Crippen molar-refractivity contribution in [3.05, 3.63) is 29.3 Å². The molecular formula is C9H7BCl2F6O3. The SMILES string of the molecule is ClCCl.OB(O)Oc1cc(C(F)(F)F)cc(C(F)(F)F)c1. The van der Waals surface area contributed by atoms with Crippen molar-refractivity contribution in [2.75, 3.05) is 5.34 Å². The fraction of sp³-hybridized carbons (Fsp3) is 0.333. The molecule has 0 spiro atoms. The molecule has 120 valence electrons. The zero-order chi connectivity index (χ0) is 16.8. The van der Waals surface area contributed by atoms with Crippen molar-refractivity contribution in [1.29, 1.82) is 0 Å². The summed E-state index contributed by atoms with van der Waals surface area (Å²) in [5, 5.41) is 16.9. The lowest BCUT2D eigenvalue weighted by Crippen LogP contribution is -2.21. The summed E-state index contributed by atoms with van der Waals surface area (Å²) in [4.78, 5) is 0. The van der Waals surface area contributed by atoms with E-state index in [1.54, 1.807) is 0 Å². The quantitative estimate of drug-likeness (QED) is 0.483. The van der Waals surface area contributed by atoms with E-state index in [2.05, 4.69) is 4.65 Å². The average molecular weight is 359 g/mol. The summed E-state index contributed by atoms with van der Waals surface area (Å²) in [6.45, 7) is 0. The minimum absolute atomic E-state index is 0.101. The molecule has 0 aliphatic carbocycles. The van der Waals surface area contributed by atoms with Gasteiger partial charge in [-0.15, -0.1) is 23.2 Å². The number of halogens is 8. The highest BCUT2D eigenvalue weighted by atomic mass is 35.5. The minimum Gasteiger partial charge on any atom is -0.512 e. The van der Waals surface area contributed by atoms with Crippen LogP contribution in [0.5, 0.6) is 5.75 Å². The van der Waals surface area contributed by atoms with Crippen LogP contribution in [0.15, 0.2) is 18.2 Å². The third-order valence-electron chi connectivity index (χ3n) is 1.80. The molecule has 2 N–H and O–H groups in total. The molecule has 0 fully saturated rings. The fourth-order valence-corrected chi connectivity index (χ4v) is 1.12. The van der Waals surface area contributed by atoms with Crippen LogP contribution in [-0.2, 0) is 12.4 Å². The largest absolute Gasteiger partial charge is 0.707 e. The molecule has 0 aliphatic heterocycles. The van der Waals surface area contributed by atoms with Crippen molar-refractivity contribution in [3.8, 4) is 5.75 Å². The number of hydrogen-bond acceptors (Lipinski definition) is 3. The first kappa shape index (κ1) is 20.2. The Morgan fingerprint density at radius 1 is 0.905 bits per heavy atom. The van der Waals surface area contributed by atoms with E-state index in [-0.39, 0.29) is 23.5 Å². The molecule has 0 aromatic heterocycles. The Kier molecular flexibility index (Phi) is 7.65. The van der Waals surface area contributed by atoms with Crippen molar-refractivity contribution in [2.24, 2.45) is 0 Å². The molecule has 0 bridgehead atoms. The minimum atomic E-state index is -5.01. The highest BCUT2D eigenvalue weighted by molar-refractivity contribution is 6.40. The molecule has 3 nitrogen and oxygen atoms in total. The Hall–Kier alpha value is -0.835. The molecule has 0 heterocycles. The highest BCUT2D eigenvalue weighted by Crippen LogP contribution is 2.38. The van der Waals surface area contributed by atoms with Gasteiger partial charge < -0.3 is 14.7 Å². The van der Waals surface area contributed by atoms with E-state index in [1.165, 1.54) is 0 Å². The zero-order valence-electron chi connectivity index (χ0n) is 9.84. The van der Waals surface area contributed by atoms with Gasteiger partial charge in [0.1, 0.15) is 5.75 Å². The van der Waals surface area contributed by atoms with Crippen LogP contribution < -0.4 is 4.65 Å². The van der Waals surface area contributed by atoms with Crippen LogP contribution >= 0.6 is 23.2 Å². The molecule has 0 aliphatic rings. The first-order chi connectivity index (χ1) is 9.41. The molecule has 1 rings (SSSR count). The van der Waals surface area contributed by atoms with Gasteiger partial charge >= 0.3 is 19.7 Å². The van der Waals surface area contributed by atoms with Gasteiger partial charge in [-0.25, -0.2) is 0 Å². The maximum absolute atomic E-state index is 12.3. The van der Waals surface area contributed by atoms with Crippen LogP contribution in [0, 0.1) is 0 Å². The predicted molar refractivity (Wildman–Crippen MR) is 63.8 cm³/mol. The van der Waals surface area contributed by atoms with Crippen LogP contribution in [0.1, 0.15) is 11.1 Å². The summed E-state index contributed by atoms with van der Waals surface area (Å²) in [7, 11) is -2.52. The molecule has 0 amide bonds. The van der Waals surface area contributed by atoms with Gasteiger partial charge in [0, 0.05) is 0 Å². The Bertz CT molecular complexity index is 420. The van der Waals surface area contributed by atoms with E-state index in [9.17, 15) is 26.3 Å². The normalized spacial score (nSPS) is 11.5. The lowest BCUT2D eigenvalue weighted by Gasteiger charge is -2.14. The lowest BCUT2D eigenvalue weighted by molar-refractivity contribution is -0.143. The maximum Gasteiger partial charge on any atom is 0.707 e. The first-order valence-corrected chi connectivity index (χ1v) is 5.93.